The molecule has 8 heavy (non-hydrogen) atoms. The Morgan fingerprint density at radius 2 is 1.75 bits per heavy atom. The molecule has 0 aromatic rings. The zero-order chi connectivity index (χ0) is 6.73. The van der Waals surface area contributed by atoms with Crippen LogP contribution in [0.25, 0.3) is 0 Å². The number of carbonyl (C=O) groups is 1. The molecule has 0 bridgehead atoms. The van der Waals surface area contributed by atoms with Crippen molar-refractivity contribution in [3.05, 3.63) is 0 Å². The lowest BCUT2D eigenvalue weighted by atomic mass is 10.8. The normalized spacial score (nSPS) is 8.50. The van der Waals surface area contributed by atoms with Crippen LogP contribution in [0.2, 0.25) is 0 Å². The summed E-state index contributed by atoms with van der Waals surface area (Å²) in [4.78, 5) is 12.1. The lowest BCUT2D eigenvalue weighted by Crippen LogP contribution is -2.69. The zero-order valence-electron chi connectivity index (χ0n) is 5.51. The molecule has 48 valence electrons. The summed E-state index contributed by atoms with van der Waals surface area (Å²) in [5.74, 6) is 3.40. The third-order valence-corrected chi connectivity index (χ3v) is 0.709. The highest BCUT2D eigenvalue weighted by Gasteiger charge is 2.06. The Hall–Kier alpha value is -0.770. The van der Waals surface area contributed by atoms with Gasteiger partial charge in [0.05, 0.1) is 7.05 Å². The summed E-state index contributed by atoms with van der Waals surface area (Å²) < 4.78 is 0. The lowest BCUT2D eigenvalue weighted by Gasteiger charge is -2.12. The van der Waals surface area contributed by atoms with Crippen LogP contribution in [0.1, 0.15) is 0 Å². The SMILES string of the molecule is CN(C)C(=O)N(C)[NH3+]. The van der Waals surface area contributed by atoms with E-state index < -0.39 is 0 Å². The molecule has 0 aliphatic carbocycles. The molecule has 0 radical (unpaired) electrons. The minimum atomic E-state index is -0.0926. The van der Waals surface area contributed by atoms with Crippen molar-refractivity contribution in [1.29, 1.82) is 0 Å². The van der Waals surface area contributed by atoms with E-state index >= 15 is 0 Å². The molecular weight excluding hydrogens is 106 g/mol. The van der Waals surface area contributed by atoms with Crippen LogP contribution in [0, 0.1) is 0 Å². The van der Waals surface area contributed by atoms with Crippen LogP contribution < -0.4 is 5.84 Å². The molecule has 0 fully saturated rings. The Balaban J connectivity index is 3.65. The first-order valence-corrected chi connectivity index (χ1v) is 2.31. The average molecular weight is 118 g/mol. The van der Waals surface area contributed by atoms with Gasteiger partial charge in [-0.3, -0.25) is 5.84 Å². The van der Waals surface area contributed by atoms with E-state index in [1.165, 1.54) is 9.91 Å². The summed E-state index contributed by atoms with van der Waals surface area (Å²) in [6.07, 6.45) is 0. The predicted octanol–water partition coefficient (Wildman–Crippen LogP) is -1.24. The second kappa shape index (κ2) is 2.52. The number of amides is 2. The van der Waals surface area contributed by atoms with Crippen molar-refractivity contribution in [1.82, 2.24) is 9.91 Å². The summed E-state index contributed by atoms with van der Waals surface area (Å²) in [6.45, 7) is 0. The highest BCUT2D eigenvalue weighted by atomic mass is 16.2. The van der Waals surface area contributed by atoms with Gasteiger partial charge >= 0.3 is 6.03 Å². The van der Waals surface area contributed by atoms with Crippen LogP contribution in [-0.2, 0) is 0 Å². The van der Waals surface area contributed by atoms with E-state index in [0.717, 1.165) is 0 Å². The van der Waals surface area contributed by atoms with Crippen molar-refractivity contribution in [2.45, 2.75) is 0 Å². The summed E-state index contributed by atoms with van der Waals surface area (Å²) in [5.41, 5.74) is 0. The van der Waals surface area contributed by atoms with Gasteiger partial charge in [-0.1, -0.05) is 0 Å². The molecule has 3 N–H and O–H groups in total. The third kappa shape index (κ3) is 1.79. The molecule has 0 atom stereocenters. The van der Waals surface area contributed by atoms with Crippen LogP contribution in [0.5, 0.6) is 0 Å². The largest absolute Gasteiger partial charge is 0.363 e. The Morgan fingerprint density at radius 1 is 1.38 bits per heavy atom. The Morgan fingerprint density at radius 3 is 1.75 bits per heavy atom. The summed E-state index contributed by atoms with van der Waals surface area (Å²) in [5, 5.41) is 1.28. The molecule has 0 aromatic carbocycles. The Bertz CT molecular complexity index is 79.3. The third-order valence-electron chi connectivity index (χ3n) is 0.709. The van der Waals surface area contributed by atoms with Crippen molar-refractivity contribution in [3.8, 4) is 0 Å². The molecular formula is C4H12N3O+. The van der Waals surface area contributed by atoms with Gasteiger partial charge in [0, 0.05) is 14.1 Å². The van der Waals surface area contributed by atoms with Crippen LogP contribution in [0.4, 0.5) is 4.79 Å². The first-order valence-electron chi connectivity index (χ1n) is 2.31. The van der Waals surface area contributed by atoms with Gasteiger partial charge in [0.2, 0.25) is 0 Å². The fraction of sp³-hybridized carbons (Fsp3) is 0.750. The van der Waals surface area contributed by atoms with Crippen molar-refractivity contribution < 1.29 is 10.6 Å². The summed E-state index contributed by atoms with van der Waals surface area (Å²) in [6, 6.07) is -0.0926. The molecule has 2 amide bonds. The fourth-order valence-corrected chi connectivity index (χ4v) is 0.341. The number of carbonyl (C=O) groups excluding carboxylic acids is 1. The van der Waals surface area contributed by atoms with Gasteiger partial charge in [-0.05, 0) is 0 Å². The van der Waals surface area contributed by atoms with Gasteiger partial charge < -0.3 is 4.90 Å². The molecule has 0 saturated carbocycles. The highest BCUT2D eigenvalue weighted by Crippen LogP contribution is 1.78. The zero-order valence-corrected chi connectivity index (χ0v) is 5.51. The van der Waals surface area contributed by atoms with Crippen molar-refractivity contribution >= 4 is 6.03 Å². The molecule has 0 aliphatic heterocycles. The maximum absolute atomic E-state index is 10.6. The first kappa shape index (κ1) is 7.23. The van der Waals surface area contributed by atoms with Crippen molar-refractivity contribution in [2.24, 2.45) is 0 Å². The van der Waals surface area contributed by atoms with Gasteiger partial charge in [0.1, 0.15) is 0 Å². The molecule has 0 unspecified atom stereocenters. The minimum Gasteiger partial charge on any atom is -0.327 e. The quantitative estimate of drug-likeness (QED) is 0.397. The number of hydrogen-bond acceptors (Lipinski definition) is 1. The number of nitrogens with zero attached hydrogens (tertiary/aromatic N) is 2. The average Bonchev–Trinajstić information content (AvgIpc) is 1.64. The number of hydrogen-bond donors (Lipinski definition) is 1. The summed E-state index contributed by atoms with van der Waals surface area (Å²) >= 11 is 0. The van der Waals surface area contributed by atoms with Crippen LogP contribution in [-0.4, -0.2) is 37.1 Å². The van der Waals surface area contributed by atoms with Gasteiger partial charge in [0.15, 0.2) is 0 Å². The summed E-state index contributed by atoms with van der Waals surface area (Å²) in [7, 11) is 4.98. The topological polar surface area (TPSA) is 51.2 Å². The second-order valence-electron chi connectivity index (χ2n) is 1.87. The molecule has 0 heterocycles. The molecule has 4 heteroatoms. The fourth-order valence-electron chi connectivity index (χ4n) is 0.341. The number of rotatable bonds is 0. The van der Waals surface area contributed by atoms with Crippen LogP contribution in [0.3, 0.4) is 0 Å². The molecule has 0 aromatic heterocycles. The molecule has 0 spiro atoms. The van der Waals surface area contributed by atoms with Crippen LogP contribution >= 0.6 is 0 Å². The highest BCUT2D eigenvalue weighted by molar-refractivity contribution is 5.71. The maximum atomic E-state index is 10.6. The number of urea groups is 1. The Labute approximate surface area is 48.8 Å². The maximum Gasteiger partial charge on any atom is 0.363 e. The van der Waals surface area contributed by atoms with E-state index in [2.05, 4.69) is 5.84 Å². The van der Waals surface area contributed by atoms with Gasteiger partial charge in [-0.25, -0.2) is 4.79 Å². The lowest BCUT2D eigenvalue weighted by molar-refractivity contribution is -0.540. The van der Waals surface area contributed by atoms with Gasteiger partial charge in [-0.2, -0.15) is 5.01 Å². The Kier molecular flexibility index (Phi) is 2.27. The second-order valence-corrected chi connectivity index (χ2v) is 1.87. The van der Waals surface area contributed by atoms with E-state index in [1.807, 2.05) is 0 Å². The van der Waals surface area contributed by atoms with E-state index in [4.69, 9.17) is 0 Å². The number of quaternary nitrogens is 1. The molecule has 0 aliphatic rings. The van der Waals surface area contributed by atoms with E-state index in [9.17, 15) is 4.79 Å². The van der Waals surface area contributed by atoms with Crippen molar-refractivity contribution in [2.75, 3.05) is 21.1 Å². The van der Waals surface area contributed by atoms with E-state index in [-0.39, 0.29) is 6.03 Å². The van der Waals surface area contributed by atoms with E-state index in [0.29, 0.717) is 0 Å². The smallest absolute Gasteiger partial charge is 0.327 e. The monoisotopic (exact) mass is 118 g/mol. The predicted molar refractivity (Wildman–Crippen MR) is 29.7 cm³/mol. The van der Waals surface area contributed by atoms with Gasteiger partial charge in [0.25, 0.3) is 0 Å². The van der Waals surface area contributed by atoms with Crippen LogP contribution in [0.15, 0.2) is 0 Å². The van der Waals surface area contributed by atoms with Gasteiger partial charge in [-0.15, -0.1) is 0 Å². The van der Waals surface area contributed by atoms with E-state index in [1.54, 1.807) is 21.1 Å². The van der Waals surface area contributed by atoms with Crippen molar-refractivity contribution in [3.63, 3.8) is 0 Å². The standard InChI is InChI=1S/C4H11N3O/c1-6(2)4(8)7(3)5/h5H2,1-3H3/p+1. The molecule has 0 saturated heterocycles. The molecule has 0 rings (SSSR count). The minimum absolute atomic E-state index is 0.0926. The molecule has 4 nitrogen and oxygen atoms in total. The first-order chi connectivity index (χ1) is 3.55.